The lowest BCUT2D eigenvalue weighted by atomic mass is 10.0. The van der Waals surface area contributed by atoms with Gasteiger partial charge in [0.2, 0.25) is 11.8 Å². The summed E-state index contributed by atoms with van der Waals surface area (Å²) in [6.07, 6.45) is 3.98. The number of nitrogens with one attached hydrogen (secondary N) is 2. The Labute approximate surface area is 181 Å². The summed E-state index contributed by atoms with van der Waals surface area (Å²) in [6, 6.07) is 11.5. The van der Waals surface area contributed by atoms with Crippen LogP contribution in [0.25, 0.3) is 0 Å². The van der Waals surface area contributed by atoms with Crippen LogP contribution in [-0.4, -0.2) is 24.9 Å². The summed E-state index contributed by atoms with van der Waals surface area (Å²) in [7, 11) is 0. The summed E-state index contributed by atoms with van der Waals surface area (Å²) in [5.74, 6) is -0.176. The fourth-order valence-corrected chi connectivity index (χ4v) is 5.07. The number of carbonyl (C=O) groups is 2. The predicted octanol–water partition coefficient (Wildman–Crippen LogP) is 4.38. The van der Waals surface area contributed by atoms with Gasteiger partial charge in [0.1, 0.15) is 0 Å². The molecular weight excluding hydrogens is 407 g/mol. The number of fused-ring (bicyclic) bond motifs is 2. The second-order valence-corrected chi connectivity index (χ2v) is 8.55. The van der Waals surface area contributed by atoms with Gasteiger partial charge in [0.15, 0.2) is 0 Å². The van der Waals surface area contributed by atoms with Gasteiger partial charge in [0.25, 0.3) is 0 Å². The molecule has 29 heavy (non-hydrogen) atoms. The van der Waals surface area contributed by atoms with Gasteiger partial charge in [-0.3, -0.25) is 9.59 Å². The number of amides is 2. The van der Waals surface area contributed by atoms with E-state index in [4.69, 9.17) is 23.2 Å². The quantitative estimate of drug-likeness (QED) is 0.668. The van der Waals surface area contributed by atoms with Gasteiger partial charge in [-0.05, 0) is 66.5 Å². The van der Waals surface area contributed by atoms with Gasteiger partial charge in [0, 0.05) is 23.1 Å². The Kier molecular flexibility index (Phi) is 6.12. The number of halogens is 2. The molecule has 0 radical (unpaired) electrons. The van der Waals surface area contributed by atoms with Crippen LogP contribution < -0.4 is 10.6 Å². The largest absolute Gasteiger partial charge is 0.356 e. The molecular formula is C23H24Cl2N2O2. The normalized spacial score (nSPS) is 19.5. The molecule has 0 fully saturated rings. The van der Waals surface area contributed by atoms with Gasteiger partial charge in [-0.2, -0.15) is 0 Å². The molecule has 0 aliphatic heterocycles. The summed E-state index contributed by atoms with van der Waals surface area (Å²) in [4.78, 5) is 25.1. The van der Waals surface area contributed by atoms with Crippen LogP contribution in [0.5, 0.6) is 0 Å². The fraction of sp³-hybridized carbons (Fsp3) is 0.391. The third-order valence-electron chi connectivity index (χ3n) is 6.01. The summed E-state index contributed by atoms with van der Waals surface area (Å²) < 4.78 is 0. The number of hydrogen-bond acceptors (Lipinski definition) is 2. The van der Waals surface area contributed by atoms with Crippen molar-refractivity contribution in [3.05, 3.63) is 68.7 Å². The van der Waals surface area contributed by atoms with Crippen molar-refractivity contribution in [1.29, 1.82) is 0 Å². The SMILES string of the molecule is O=C(NCCCNC(=O)C1CCc2c(Cl)cccc21)C1CCc2c(Cl)cccc21. The van der Waals surface area contributed by atoms with Crippen molar-refractivity contribution in [2.75, 3.05) is 13.1 Å². The van der Waals surface area contributed by atoms with Crippen LogP contribution in [0.4, 0.5) is 0 Å². The van der Waals surface area contributed by atoms with E-state index >= 15 is 0 Å². The fourth-order valence-electron chi connectivity index (χ4n) is 4.52. The highest BCUT2D eigenvalue weighted by Crippen LogP contribution is 2.38. The zero-order valence-corrected chi connectivity index (χ0v) is 17.7. The van der Waals surface area contributed by atoms with Crippen molar-refractivity contribution in [1.82, 2.24) is 10.6 Å². The average Bonchev–Trinajstić information content (AvgIpc) is 3.33. The third kappa shape index (κ3) is 4.15. The van der Waals surface area contributed by atoms with Crippen LogP contribution in [0.3, 0.4) is 0 Å². The number of hydrogen-bond donors (Lipinski definition) is 2. The first-order chi connectivity index (χ1) is 14.1. The van der Waals surface area contributed by atoms with Crippen LogP contribution in [-0.2, 0) is 22.4 Å². The van der Waals surface area contributed by atoms with E-state index in [1.54, 1.807) is 0 Å². The Morgan fingerprint density at radius 3 is 1.69 bits per heavy atom. The molecule has 4 rings (SSSR count). The highest BCUT2D eigenvalue weighted by atomic mass is 35.5. The van der Waals surface area contributed by atoms with Crippen LogP contribution in [0.1, 0.15) is 53.4 Å². The van der Waals surface area contributed by atoms with Crippen LogP contribution in [0.2, 0.25) is 10.0 Å². The van der Waals surface area contributed by atoms with Gasteiger partial charge in [-0.25, -0.2) is 0 Å². The molecule has 2 aliphatic carbocycles. The first kappa shape index (κ1) is 20.2. The molecule has 2 aliphatic rings. The van der Waals surface area contributed by atoms with Gasteiger partial charge in [-0.15, -0.1) is 0 Å². The molecule has 2 atom stereocenters. The molecule has 2 aromatic rings. The van der Waals surface area contributed by atoms with Crippen molar-refractivity contribution in [3.63, 3.8) is 0 Å². The molecule has 2 amide bonds. The van der Waals surface area contributed by atoms with Crippen molar-refractivity contribution >= 4 is 35.0 Å². The summed E-state index contributed by atoms with van der Waals surface area (Å²) in [5.41, 5.74) is 4.28. The number of carbonyl (C=O) groups excluding carboxylic acids is 2. The molecule has 0 aromatic heterocycles. The van der Waals surface area contributed by atoms with E-state index in [2.05, 4.69) is 10.6 Å². The molecule has 4 nitrogen and oxygen atoms in total. The molecule has 0 saturated carbocycles. The smallest absolute Gasteiger partial charge is 0.227 e. The molecule has 6 heteroatoms. The van der Waals surface area contributed by atoms with E-state index in [9.17, 15) is 9.59 Å². The Bertz CT molecular complexity index is 869. The van der Waals surface area contributed by atoms with Gasteiger partial charge in [-0.1, -0.05) is 47.5 Å². The Morgan fingerprint density at radius 1 is 0.793 bits per heavy atom. The van der Waals surface area contributed by atoms with Crippen LogP contribution in [0.15, 0.2) is 36.4 Å². The maximum absolute atomic E-state index is 12.5. The standard InChI is InChI=1S/C23H24Cl2N2O2/c24-20-6-1-4-14-16(20)8-10-18(14)22(28)26-12-3-13-27-23(29)19-11-9-17-15(19)5-2-7-21(17)25/h1-2,4-7,18-19H,3,8-13H2,(H,26,28)(H,27,29). The van der Waals surface area contributed by atoms with E-state index in [-0.39, 0.29) is 23.7 Å². The monoisotopic (exact) mass is 430 g/mol. The minimum absolute atomic E-state index is 0.0386. The Balaban J connectivity index is 1.22. The number of rotatable bonds is 6. The number of benzene rings is 2. The topological polar surface area (TPSA) is 58.2 Å². The minimum Gasteiger partial charge on any atom is -0.356 e. The molecule has 2 unspecified atom stereocenters. The van der Waals surface area contributed by atoms with E-state index < -0.39 is 0 Å². The van der Waals surface area contributed by atoms with Crippen molar-refractivity contribution in [3.8, 4) is 0 Å². The molecule has 0 heterocycles. The Hall–Kier alpha value is -2.04. The minimum atomic E-state index is -0.127. The van der Waals surface area contributed by atoms with E-state index in [1.807, 2.05) is 36.4 Å². The maximum Gasteiger partial charge on any atom is 0.227 e. The molecule has 0 spiro atoms. The first-order valence-electron chi connectivity index (χ1n) is 10.2. The average molecular weight is 431 g/mol. The maximum atomic E-state index is 12.5. The van der Waals surface area contributed by atoms with Crippen LogP contribution >= 0.6 is 23.2 Å². The lowest BCUT2D eigenvalue weighted by Crippen LogP contribution is -2.33. The van der Waals surface area contributed by atoms with E-state index in [0.29, 0.717) is 19.5 Å². The lowest BCUT2D eigenvalue weighted by Gasteiger charge is -2.14. The lowest BCUT2D eigenvalue weighted by molar-refractivity contribution is -0.122. The van der Waals surface area contributed by atoms with Crippen LogP contribution in [0, 0.1) is 0 Å². The predicted molar refractivity (Wildman–Crippen MR) is 116 cm³/mol. The summed E-state index contributed by atoms with van der Waals surface area (Å²) in [6.45, 7) is 1.08. The second kappa shape index (κ2) is 8.76. The zero-order chi connectivity index (χ0) is 20.4. The van der Waals surface area contributed by atoms with Crippen molar-refractivity contribution in [2.45, 2.75) is 43.9 Å². The summed E-state index contributed by atoms with van der Waals surface area (Å²) >= 11 is 12.5. The highest BCUT2D eigenvalue weighted by Gasteiger charge is 2.30. The highest BCUT2D eigenvalue weighted by molar-refractivity contribution is 6.31. The first-order valence-corrected chi connectivity index (χ1v) is 10.9. The molecule has 152 valence electrons. The molecule has 2 aromatic carbocycles. The zero-order valence-electron chi connectivity index (χ0n) is 16.1. The second-order valence-electron chi connectivity index (χ2n) is 7.73. The van der Waals surface area contributed by atoms with Gasteiger partial charge in [0.05, 0.1) is 11.8 Å². The van der Waals surface area contributed by atoms with Gasteiger partial charge >= 0.3 is 0 Å². The Morgan fingerprint density at radius 2 is 1.24 bits per heavy atom. The van der Waals surface area contributed by atoms with E-state index in [0.717, 1.165) is 58.0 Å². The summed E-state index contributed by atoms with van der Waals surface area (Å²) in [5, 5.41) is 7.49. The molecule has 0 saturated heterocycles. The molecule has 2 N–H and O–H groups in total. The van der Waals surface area contributed by atoms with Crippen molar-refractivity contribution < 1.29 is 9.59 Å². The third-order valence-corrected chi connectivity index (χ3v) is 6.72. The van der Waals surface area contributed by atoms with Crippen molar-refractivity contribution in [2.24, 2.45) is 0 Å². The van der Waals surface area contributed by atoms with E-state index in [1.165, 1.54) is 0 Å². The van der Waals surface area contributed by atoms with Gasteiger partial charge < -0.3 is 10.6 Å². The molecule has 0 bridgehead atoms.